The zero-order valence-electron chi connectivity index (χ0n) is 22.5. The van der Waals surface area contributed by atoms with Gasteiger partial charge in [-0.1, -0.05) is 48.4 Å². The number of hydrogen-bond acceptors (Lipinski definition) is 6. The normalized spacial score (nSPS) is 14.2. The first kappa shape index (κ1) is 26.2. The highest BCUT2D eigenvalue weighted by Crippen LogP contribution is 2.37. The molecule has 1 N–H and O–H groups in total. The number of anilines is 1. The third-order valence-corrected chi connectivity index (χ3v) is 7.29. The van der Waals surface area contributed by atoms with Crippen LogP contribution in [0.15, 0.2) is 66.7 Å². The highest BCUT2D eigenvalue weighted by molar-refractivity contribution is 6.02. The molecule has 4 aromatic rings. The van der Waals surface area contributed by atoms with Gasteiger partial charge in [0.05, 0.1) is 19.7 Å². The van der Waals surface area contributed by atoms with Crippen molar-refractivity contribution < 1.29 is 19.1 Å². The Morgan fingerprint density at radius 3 is 2.51 bits per heavy atom. The summed E-state index contributed by atoms with van der Waals surface area (Å²) in [7, 11) is 3.12. The molecule has 0 unspecified atom stereocenters. The van der Waals surface area contributed by atoms with Crippen LogP contribution in [0.2, 0.25) is 0 Å². The van der Waals surface area contributed by atoms with Gasteiger partial charge in [-0.25, -0.2) is 4.68 Å². The van der Waals surface area contributed by atoms with Gasteiger partial charge in [-0.15, -0.1) is 5.10 Å². The molecule has 1 saturated carbocycles. The van der Waals surface area contributed by atoms with Gasteiger partial charge in [-0.2, -0.15) is 0 Å². The van der Waals surface area contributed by atoms with Crippen LogP contribution in [0, 0.1) is 6.92 Å². The van der Waals surface area contributed by atoms with E-state index in [1.165, 1.54) is 0 Å². The van der Waals surface area contributed by atoms with Crippen LogP contribution in [0.4, 0.5) is 5.69 Å². The monoisotopic (exact) mass is 527 g/mol. The molecule has 1 atom stereocenters. The Labute approximate surface area is 227 Å². The van der Waals surface area contributed by atoms with Gasteiger partial charge < -0.3 is 14.8 Å². The van der Waals surface area contributed by atoms with Gasteiger partial charge in [0.15, 0.2) is 0 Å². The summed E-state index contributed by atoms with van der Waals surface area (Å²) in [5.41, 5.74) is 3.50. The molecular weight excluding hydrogens is 494 g/mol. The summed E-state index contributed by atoms with van der Waals surface area (Å²) in [5, 5.41) is 11.6. The van der Waals surface area contributed by atoms with E-state index in [1.54, 1.807) is 42.0 Å². The molecule has 3 aromatic carbocycles. The Balaban J connectivity index is 1.63. The quantitative estimate of drug-likeness (QED) is 0.342. The topological polar surface area (TPSA) is 98.6 Å². The fourth-order valence-electron chi connectivity index (χ4n) is 5.28. The van der Waals surface area contributed by atoms with Crippen molar-refractivity contribution in [2.75, 3.05) is 19.1 Å². The van der Waals surface area contributed by atoms with Crippen molar-refractivity contribution in [2.24, 2.45) is 0 Å². The molecule has 1 aromatic heterocycles. The molecule has 39 heavy (non-hydrogen) atoms. The van der Waals surface area contributed by atoms with Crippen molar-refractivity contribution in [1.29, 1.82) is 0 Å². The number of aryl methyl sites for hydroxylation is 1. The summed E-state index contributed by atoms with van der Waals surface area (Å²) in [6.45, 7) is 1.83. The highest BCUT2D eigenvalue weighted by atomic mass is 16.5. The summed E-state index contributed by atoms with van der Waals surface area (Å²) >= 11 is 0. The molecule has 0 bridgehead atoms. The van der Waals surface area contributed by atoms with Gasteiger partial charge in [0.25, 0.3) is 0 Å². The zero-order valence-corrected chi connectivity index (χ0v) is 22.5. The second kappa shape index (κ2) is 11.6. The number of para-hydroxylation sites is 2. The number of rotatable bonds is 9. The Morgan fingerprint density at radius 2 is 1.77 bits per heavy atom. The van der Waals surface area contributed by atoms with Crippen molar-refractivity contribution in [3.63, 3.8) is 0 Å². The van der Waals surface area contributed by atoms with E-state index in [1.807, 2.05) is 55.5 Å². The van der Waals surface area contributed by atoms with Crippen molar-refractivity contribution in [1.82, 2.24) is 20.3 Å². The lowest BCUT2D eigenvalue weighted by Gasteiger charge is -2.34. The number of nitrogens with one attached hydrogen (secondary N) is 1. The predicted molar refractivity (Wildman–Crippen MR) is 149 cm³/mol. The first-order valence-corrected chi connectivity index (χ1v) is 13.2. The Hall–Kier alpha value is -4.40. The minimum absolute atomic E-state index is 0.0670. The fraction of sp³-hybridized carbons (Fsp3) is 0.333. The van der Waals surface area contributed by atoms with Crippen molar-refractivity contribution >= 4 is 28.5 Å². The molecule has 1 aliphatic rings. The Kier molecular flexibility index (Phi) is 7.76. The second-order valence-electron chi connectivity index (χ2n) is 9.79. The molecule has 1 fully saturated rings. The van der Waals surface area contributed by atoms with Gasteiger partial charge >= 0.3 is 0 Å². The van der Waals surface area contributed by atoms with E-state index in [0.717, 1.165) is 36.8 Å². The molecule has 0 spiro atoms. The molecule has 1 aliphatic carbocycles. The summed E-state index contributed by atoms with van der Waals surface area (Å²) in [6, 6.07) is 19.4. The number of benzene rings is 3. The van der Waals surface area contributed by atoms with Crippen LogP contribution < -0.4 is 19.7 Å². The standard InChI is InChI=1S/C30H33N5O4/c1-20-10-4-8-14-25(20)35(28(36)19-34-26-15-9-7-13-24(26)32-33-34)29(30(37)31-21-11-5-6-12-21)23-17-16-22(38-2)18-27(23)39-3/h4,7-10,13-18,21,29H,5-6,11-12,19H2,1-3H3,(H,31,37)/t29-/m0/s1. The number of fused-ring (bicyclic) bond motifs is 1. The predicted octanol–water partition coefficient (Wildman–Crippen LogP) is 4.59. The van der Waals surface area contributed by atoms with Crippen molar-refractivity contribution in [3.8, 4) is 11.5 Å². The lowest BCUT2D eigenvalue weighted by Crippen LogP contribution is -2.47. The lowest BCUT2D eigenvalue weighted by atomic mass is 9.99. The summed E-state index contributed by atoms with van der Waals surface area (Å²) < 4.78 is 12.7. The third-order valence-electron chi connectivity index (χ3n) is 7.29. The molecule has 0 radical (unpaired) electrons. The summed E-state index contributed by atoms with van der Waals surface area (Å²) in [6.07, 6.45) is 3.98. The van der Waals surface area contributed by atoms with E-state index < -0.39 is 6.04 Å². The molecular formula is C30H33N5O4. The zero-order chi connectivity index (χ0) is 27.4. The van der Waals surface area contributed by atoms with Crippen LogP contribution >= 0.6 is 0 Å². The largest absolute Gasteiger partial charge is 0.497 e. The van der Waals surface area contributed by atoms with E-state index in [0.29, 0.717) is 28.3 Å². The average Bonchev–Trinajstić information content (AvgIpc) is 3.62. The van der Waals surface area contributed by atoms with Crippen molar-refractivity contribution in [3.05, 3.63) is 77.9 Å². The van der Waals surface area contributed by atoms with Gasteiger partial charge in [-0.05, 0) is 55.7 Å². The van der Waals surface area contributed by atoms with E-state index in [9.17, 15) is 9.59 Å². The highest BCUT2D eigenvalue weighted by Gasteiger charge is 2.37. The minimum atomic E-state index is -0.991. The number of carbonyl (C=O) groups excluding carboxylic acids is 2. The molecule has 1 heterocycles. The average molecular weight is 528 g/mol. The minimum Gasteiger partial charge on any atom is -0.497 e. The van der Waals surface area contributed by atoms with Gasteiger partial charge in [0.1, 0.15) is 29.6 Å². The van der Waals surface area contributed by atoms with Gasteiger partial charge in [0, 0.05) is 23.4 Å². The molecule has 5 rings (SSSR count). The van der Waals surface area contributed by atoms with Crippen LogP contribution in [-0.2, 0) is 16.1 Å². The van der Waals surface area contributed by atoms with Crippen molar-refractivity contribution in [2.45, 2.75) is 51.2 Å². The maximum atomic E-state index is 14.3. The van der Waals surface area contributed by atoms with E-state index >= 15 is 0 Å². The maximum absolute atomic E-state index is 14.3. The lowest BCUT2D eigenvalue weighted by molar-refractivity contribution is -0.127. The Bertz CT molecular complexity index is 1480. The molecule has 9 nitrogen and oxygen atoms in total. The second-order valence-corrected chi connectivity index (χ2v) is 9.79. The van der Waals surface area contributed by atoms with Crippen LogP contribution in [-0.4, -0.2) is 47.1 Å². The number of ether oxygens (including phenoxy) is 2. The number of amides is 2. The molecule has 0 aliphatic heterocycles. The van der Waals surface area contributed by atoms with E-state index in [-0.39, 0.29) is 24.4 Å². The van der Waals surface area contributed by atoms with Crippen LogP contribution in [0.1, 0.15) is 42.9 Å². The maximum Gasteiger partial charge on any atom is 0.249 e. The fourth-order valence-corrected chi connectivity index (χ4v) is 5.28. The summed E-state index contributed by atoms with van der Waals surface area (Å²) in [4.78, 5) is 30.0. The van der Waals surface area contributed by atoms with Crippen LogP contribution in [0.5, 0.6) is 11.5 Å². The first-order valence-electron chi connectivity index (χ1n) is 13.2. The summed E-state index contributed by atoms with van der Waals surface area (Å²) in [5.74, 6) is 0.488. The van der Waals surface area contributed by atoms with E-state index in [4.69, 9.17) is 9.47 Å². The smallest absolute Gasteiger partial charge is 0.249 e. The van der Waals surface area contributed by atoms with Gasteiger partial charge in [0.2, 0.25) is 11.8 Å². The third kappa shape index (κ3) is 5.43. The number of aromatic nitrogens is 3. The molecule has 0 saturated heterocycles. The Morgan fingerprint density at radius 1 is 1.03 bits per heavy atom. The number of carbonyl (C=O) groups is 2. The molecule has 9 heteroatoms. The van der Waals surface area contributed by atoms with E-state index in [2.05, 4.69) is 15.6 Å². The van der Waals surface area contributed by atoms with Crippen LogP contribution in [0.25, 0.3) is 11.0 Å². The number of methoxy groups -OCH3 is 2. The number of hydrogen-bond donors (Lipinski definition) is 1. The SMILES string of the molecule is COc1ccc([C@@H](C(=O)NC2CCCC2)N(C(=O)Cn2nnc3ccccc32)c2ccccc2C)c(OC)c1. The first-order chi connectivity index (χ1) is 19.0. The van der Waals surface area contributed by atoms with Crippen LogP contribution in [0.3, 0.4) is 0 Å². The molecule has 202 valence electrons. The number of nitrogens with zero attached hydrogens (tertiary/aromatic N) is 4. The molecule has 2 amide bonds. The van der Waals surface area contributed by atoms with Gasteiger partial charge in [-0.3, -0.25) is 14.5 Å².